The molecule has 0 aliphatic carbocycles. The average molecular weight is 838 g/mol. The van der Waals surface area contributed by atoms with Gasteiger partial charge in [-0.15, -0.1) is 0 Å². The van der Waals surface area contributed by atoms with Gasteiger partial charge in [0, 0.05) is 38.4 Å². The molecule has 1 fully saturated rings. The van der Waals surface area contributed by atoms with Crippen LogP contribution in [0.3, 0.4) is 0 Å². The zero-order valence-corrected chi connectivity index (χ0v) is 35.7. The Morgan fingerprint density at radius 2 is 1.27 bits per heavy atom. The van der Waals surface area contributed by atoms with Gasteiger partial charge >= 0.3 is 24.0 Å². The summed E-state index contributed by atoms with van der Waals surface area (Å²) in [5.74, 6) is -2.19. The van der Waals surface area contributed by atoms with E-state index in [1.807, 2.05) is 18.2 Å². The van der Waals surface area contributed by atoms with E-state index >= 15 is 0 Å². The van der Waals surface area contributed by atoms with Crippen molar-refractivity contribution in [2.75, 3.05) is 106 Å². The van der Waals surface area contributed by atoms with Gasteiger partial charge in [-0.05, 0) is 75.2 Å². The van der Waals surface area contributed by atoms with Crippen molar-refractivity contribution in [3.05, 3.63) is 88.5 Å². The van der Waals surface area contributed by atoms with Gasteiger partial charge in [0.2, 0.25) is 0 Å². The molecular formula is C43H59N5O12. The van der Waals surface area contributed by atoms with E-state index in [0.717, 1.165) is 5.56 Å². The first-order valence-corrected chi connectivity index (χ1v) is 19.9. The van der Waals surface area contributed by atoms with Gasteiger partial charge < -0.3 is 37.9 Å². The summed E-state index contributed by atoms with van der Waals surface area (Å²) in [4.78, 5) is 63.3. The molecule has 3 aromatic rings. The molecule has 1 aliphatic rings. The minimum Gasteiger partial charge on any atom is -0.469 e. The van der Waals surface area contributed by atoms with Crippen molar-refractivity contribution in [2.24, 2.45) is 0 Å². The highest BCUT2D eigenvalue weighted by Gasteiger charge is 2.26. The van der Waals surface area contributed by atoms with Crippen LogP contribution in [-0.2, 0) is 49.2 Å². The highest BCUT2D eigenvalue weighted by atomic mass is 16.6. The van der Waals surface area contributed by atoms with Gasteiger partial charge in [0.15, 0.2) is 0 Å². The van der Waals surface area contributed by atoms with Crippen molar-refractivity contribution in [1.29, 1.82) is 0 Å². The number of methoxy groups -OCH3 is 3. The van der Waals surface area contributed by atoms with Gasteiger partial charge in [-0.3, -0.25) is 19.9 Å². The van der Waals surface area contributed by atoms with Crippen LogP contribution >= 0.6 is 0 Å². The molecule has 2 unspecified atom stereocenters. The van der Waals surface area contributed by atoms with E-state index in [1.165, 1.54) is 21.3 Å². The number of carbonyl (C=O) groups is 4. The zero-order chi connectivity index (χ0) is 43.5. The standard InChI is InChI=1S/C43H59N5O12/c1-30(39(49)53-5)32-27-34(44-37(28-32)41(51)55-7)29-47-15-19-56-23-25-58-21-17-48(18-22-59-26-24-57-20-16-47)38(35-9-8-10-36(46-35)40(50)54-6)31-11-13-33(14-12-31)45-42(52)60-43(2,3)4/h8-14,27-28,30,38H,15-26,29H2,1-7H3,(H,45,52). The van der Waals surface area contributed by atoms with Crippen LogP contribution in [0.2, 0.25) is 0 Å². The van der Waals surface area contributed by atoms with Crippen LogP contribution in [0, 0.1) is 0 Å². The van der Waals surface area contributed by atoms with Crippen LogP contribution in [0.1, 0.15) is 83.1 Å². The summed E-state index contributed by atoms with van der Waals surface area (Å²) in [6, 6.07) is 15.5. The van der Waals surface area contributed by atoms with Crippen LogP contribution in [0.5, 0.6) is 0 Å². The summed E-state index contributed by atoms with van der Waals surface area (Å²) in [7, 11) is 3.92. The van der Waals surface area contributed by atoms with Gasteiger partial charge in [0.1, 0.15) is 17.0 Å². The van der Waals surface area contributed by atoms with E-state index in [0.29, 0.717) is 108 Å². The fourth-order valence-electron chi connectivity index (χ4n) is 6.29. The molecule has 1 amide bonds. The number of rotatable bonds is 10. The number of nitrogens with zero attached hydrogens (tertiary/aromatic N) is 4. The number of hydrogen-bond donors (Lipinski definition) is 1. The fraction of sp³-hybridized carbons (Fsp3) is 0.535. The molecule has 1 N–H and O–H groups in total. The van der Waals surface area contributed by atoms with E-state index in [1.54, 1.807) is 64.1 Å². The first kappa shape index (κ1) is 47.6. The Kier molecular flexibility index (Phi) is 19.3. The number of anilines is 1. The van der Waals surface area contributed by atoms with Gasteiger partial charge in [-0.1, -0.05) is 18.2 Å². The highest BCUT2D eigenvalue weighted by Crippen LogP contribution is 2.29. The first-order chi connectivity index (χ1) is 28.8. The number of amides is 1. The summed E-state index contributed by atoms with van der Waals surface area (Å²) < 4.78 is 44.3. The molecule has 3 heterocycles. The molecule has 1 aliphatic heterocycles. The van der Waals surface area contributed by atoms with Gasteiger partial charge in [-0.25, -0.2) is 24.4 Å². The molecule has 1 saturated heterocycles. The average Bonchev–Trinajstić information content (AvgIpc) is 3.23. The van der Waals surface area contributed by atoms with Crippen LogP contribution in [0.25, 0.3) is 0 Å². The van der Waals surface area contributed by atoms with Crippen molar-refractivity contribution in [1.82, 2.24) is 19.8 Å². The number of esters is 3. The Morgan fingerprint density at radius 3 is 1.82 bits per heavy atom. The van der Waals surface area contributed by atoms with Gasteiger partial charge in [-0.2, -0.15) is 0 Å². The van der Waals surface area contributed by atoms with Crippen LogP contribution in [0.4, 0.5) is 10.5 Å². The minimum absolute atomic E-state index is 0.102. The van der Waals surface area contributed by atoms with Gasteiger partial charge in [0.25, 0.3) is 0 Å². The van der Waals surface area contributed by atoms with Crippen LogP contribution in [0.15, 0.2) is 54.6 Å². The smallest absolute Gasteiger partial charge is 0.412 e. The molecule has 0 saturated carbocycles. The van der Waals surface area contributed by atoms with Crippen LogP contribution in [-0.4, -0.2) is 150 Å². The largest absolute Gasteiger partial charge is 0.469 e. The normalized spacial score (nSPS) is 16.9. The fourth-order valence-corrected chi connectivity index (χ4v) is 6.29. The first-order valence-electron chi connectivity index (χ1n) is 19.9. The molecule has 0 bridgehead atoms. The van der Waals surface area contributed by atoms with Crippen molar-refractivity contribution >= 4 is 29.7 Å². The maximum absolute atomic E-state index is 12.5. The van der Waals surface area contributed by atoms with E-state index in [4.69, 9.17) is 42.9 Å². The van der Waals surface area contributed by atoms with Crippen molar-refractivity contribution in [3.63, 3.8) is 0 Å². The molecule has 4 rings (SSSR count). The van der Waals surface area contributed by atoms with E-state index in [-0.39, 0.29) is 11.4 Å². The Balaban J connectivity index is 1.46. The SMILES string of the molecule is COC(=O)c1cc(C(C)C(=O)OC)cc(CN2CCOCCOCCN(C(c3ccc(NC(=O)OC(C)(C)C)cc3)c3cccc(C(=O)OC)n3)CCOCCOCC2)n1. The third kappa shape index (κ3) is 15.5. The summed E-state index contributed by atoms with van der Waals surface area (Å²) >= 11 is 0. The molecule has 0 radical (unpaired) electrons. The van der Waals surface area contributed by atoms with Crippen molar-refractivity contribution in [3.8, 4) is 0 Å². The van der Waals surface area contributed by atoms with Crippen molar-refractivity contribution in [2.45, 2.75) is 51.8 Å². The third-order valence-corrected chi connectivity index (χ3v) is 9.31. The number of pyridine rings is 2. The second-order valence-electron chi connectivity index (χ2n) is 14.9. The highest BCUT2D eigenvalue weighted by molar-refractivity contribution is 5.88. The topological polar surface area (TPSA) is 186 Å². The lowest BCUT2D eigenvalue weighted by Crippen LogP contribution is -2.36. The molecule has 2 aromatic heterocycles. The summed E-state index contributed by atoms with van der Waals surface area (Å²) in [6.07, 6.45) is -0.562. The Hall–Kier alpha value is -5.04. The maximum atomic E-state index is 12.5. The predicted octanol–water partition coefficient (Wildman–Crippen LogP) is 4.65. The lowest BCUT2D eigenvalue weighted by molar-refractivity contribution is -0.142. The Morgan fingerprint density at radius 1 is 0.700 bits per heavy atom. The quantitative estimate of drug-likeness (QED) is 0.220. The Bertz CT molecular complexity index is 1820. The molecular weight excluding hydrogens is 778 g/mol. The number of hydrogen-bond acceptors (Lipinski definition) is 16. The lowest BCUT2D eigenvalue weighted by Gasteiger charge is -2.32. The van der Waals surface area contributed by atoms with E-state index in [9.17, 15) is 19.2 Å². The Labute approximate surface area is 351 Å². The van der Waals surface area contributed by atoms with Gasteiger partial charge in [0.05, 0.1) is 97.5 Å². The predicted molar refractivity (Wildman–Crippen MR) is 220 cm³/mol. The molecule has 0 spiro atoms. The van der Waals surface area contributed by atoms with Crippen LogP contribution < -0.4 is 5.32 Å². The van der Waals surface area contributed by atoms with E-state index < -0.39 is 41.6 Å². The molecule has 17 heteroatoms. The number of aromatic nitrogens is 2. The summed E-state index contributed by atoms with van der Waals surface area (Å²) in [5.41, 5.74) is 2.84. The zero-order valence-electron chi connectivity index (χ0n) is 35.7. The minimum atomic E-state index is -0.648. The summed E-state index contributed by atoms with van der Waals surface area (Å²) in [6.45, 7) is 12.4. The second-order valence-corrected chi connectivity index (χ2v) is 14.9. The summed E-state index contributed by atoms with van der Waals surface area (Å²) in [5, 5.41) is 2.77. The molecule has 17 nitrogen and oxygen atoms in total. The molecule has 2 atom stereocenters. The number of carbonyl (C=O) groups excluding carboxylic acids is 4. The van der Waals surface area contributed by atoms with Crippen molar-refractivity contribution < 1.29 is 57.1 Å². The molecule has 328 valence electrons. The number of benzene rings is 1. The third-order valence-electron chi connectivity index (χ3n) is 9.31. The van der Waals surface area contributed by atoms with E-state index in [2.05, 4.69) is 20.1 Å². The molecule has 60 heavy (non-hydrogen) atoms. The second kappa shape index (κ2) is 24.3. The number of nitrogens with one attached hydrogen (secondary N) is 1. The lowest BCUT2D eigenvalue weighted by atomic mass is 10.00. The molecule has 1 aromatic carbocycles. The monoisotopic (exact) mass is 837 g/mol. The number of ether oxygens (including phenoxy) is 8. The maximum Gasteiger partial charge on any atom is 0.412 e.